The van der Waals surface area contributed by atoms with Crippen LogP contribution in [-0.2, 0) is 4.79 Å². The molecule has 3 heteroatoms. The van der Waals surface area contributed by atoms with Crippen molar-refractivity contribution in [3.63, 3.8) is 0 Å². The van der Waals surface area contributed by atoms with Crippen molar-refractivity contribution in [3.8, 4) is 0 Å². The van der Waals surface area contributed by atoms with Crippen LogP contribution in [0.2, 0.25) is 0 Å². The number of hydrogen-bond donors (Lipinski definition) is 2. The Balaban J connectivity index is 2.42. The summed E-state index contributed by atoms with van der Waals surface area (Å²) in [6.45, 7) is 0.824. The van der Waals surface area contributed by atoms with Crippen LogP contribution in [0.3, 0.4) is 0 Å². The van der Waals surface area contributed by atoms with Crippen LogP contribution in [0, 0.1) is 0 Å². The molecule has 1 unspecified atom stereocenters. The largest absolute Gasteiger partial charge is 0.355 e. The highest BCUT2D eigenvalue weighted by molar-refractivity contribution is 5.83. The molecule has 1 amide bonds. The average molecular weight is 114 g/mol. The van der Waals surface area contributed by atoms with Gasteiger partial charge in [0.1, 0.15) is 0 Å². The third-order valence-corrected chi connectivity index (χ3v) is 1.40. The smallest absolute Gasteiger partial charge is 0.237 e. The van der Waals surface area contributed by atoms with Crippen LogP contribution in [0.15, 0.2) is 0 Å². The molecule has 0 aromatic carbocycles. The fourth-order valence-electron chi connectivity index (χ4n) is 0.869. The number of carbonyl (C=O) groups is 1. The lowest BCUT2D eigenvalue weighted by atomic mass is 10.3. The molecule has 0 saturated carbocycles. The van der Waals surface area contributed by atoms with Crippen LogP contribution in [0.5, 0.6) is 0 Å². The highest BCUT2D eigenvalue weighted by atomic mass is 16.2. The van der Waals surface area contributed by atoms with Crippen molar-refractivity contribution in [1.29, 1.82) is 0 Å². The summed E-state index contributed by atoms with van der Waals surface area (Å²) in [6.07, 6.45) is 0.926. The molecule has 1 rings (SSSR count). The van der Waals surface area contributed by atoms with E-state index >= 15 is 0 Å². The molecule has 0 radical (unpaired) electrons. The van der Waals surface area contributed by atoms with Gasteiger partial charge in [0.15, 0.2) is 0 Å². The summed E-state index contributed by atoms with van der Waals surface area (Å²) in [7, 11) is 1.80. The van der Waals surface area contributed by atoms with Crippen molar-refractivity contribution in [2.75, 3.05) is 13.6 Å². The van der Waals surface area contributed by atoms with Crippen LogP contribution in [0.1, 0.15) is 6.42 Å². The minimum Gasteiger partial charge on any atom is -0.355 e. The van der Waals surface area contributed by atoms with E-state index in [0.29, 0.717) is 0 Å². The summed E-state index contributed by atoms with van der Waals surface area (Å²) in [5, 5.41) is 5.62. The summed E-state index contributed by atoms with van der Waals surface area (Å²) in [5.74, 6) is 0.132. The Labute approximate surface area is 48.5 Å². The molecule has 0 bridgehead atoms. The predicted octanol–water partition coefficient (Wildman–Crippen LogP) is -0.906. The van der Waals surface area contributed by atoms with Crippen molar-refractivity contribution < 1.29 is 4.79 Å². The van der Waals surface area contributed by atoms with E-state index in [0.717, 1.165) is 13.0 Å². The summed E-state index contributed by atoms with van der Waals surface area (Å²) < 4.78 is 0. The van der Waals surface area contributed by atoms with E-state index in [2.05, 4.69) is 10.6 Å². The van der Waals surface area contributed by atoms with Gasteiger partial charge in [-0.15, -0.1) is 0 Å². The van der Waals surface area contributed by atoms with Gasteiger partial charge in [-0.3, -0.25) is 4.79 Å². The monoisotopic (exact) mass is 114 g/mol. The van der Waals surface area contributed by atoms with Crippen LogP contribution < -0.4 is 10.6 Å². The second-order valence-electron chi connectivity index (χ2n) is 1.92. The van der Waals surface area contributed by atoms with E-state index in [9.17, 15) is 4.79 Å². The Kier molecular flexibility index (Phi) is 1.48. The predicted molar refractivity (Wildman–Crippen MR) is 30.5 cm³/mol. The maximum atomic E-state index is 10.6. The van der Waals surface area contributed by atoms with Gasteiger partial charge in [-0.2, -0.15) is 0 Å². The minimum atomic E-state index is 0.0648. The lowest BCUT2D eigenvalue weighted by molar-refractivity contribution is -0.120. The van der Waals surface area contributed by atoms with Crippen LogP contribution >= 0.6 is 0 Å². The molecular weight excluding hydrogens is 104 g/mol. The first-order chi connectivity index (χ1) is 3.84. The normalized spacial score (nSPS) is 28.1. The summed E-state index contributed by atoms with van der Waals surface area (Å²) >= 11 is 0. The fourth-order valence-corrected chi connectivity index (χ4v) is 0.869. The van der Waals surface area contributed by atoms with Gasteiger partial charge in [0.25, 0.3) is 0 Å². The van der Waals surface area contributed by atoms with E-state index in [4.69, 9.17) is 0 Å². The zero-order valence-corrected chi connectivity index (χ0v) is 4.90. The molecule has 8 heavy (non-hydrogen) atoms. The van der Waals surface area contributed by atoms with Gasteiger partial charge < -0.3 is 10.6 Å². The molecule has 1 fully saturated rings. The Morgan fingerprint density at radius 3 is 2.88 bits per heavy atom. The molecule has 1 aliphatic rings. The number of likely N-dealkylation sites (N-methyl/N-ethyl adjacent to an activating group) is 1. The molecule has 1 aliphatic heterocycles. The topological polar surface area (TPSA) is 41.1 Å². The van der Waals surface area contributed by atoms with Crippen LogP contribution in [-0.4, -0.2) is 25.5 Å². The average Bonchev–Trinajstić information content (AvgIpc) is 2.14. The zero-order chi connectivity index (χ0) is 5.98. The summed E-state index contributed by atoms with van der Waals surface area (Å²) in [4.78, 5) is 10.6. The Bertz CT molecular complexity index is 103. The second kappa shape index (κ2) is 2.13. The van der Waals surface area contributed by atoms with Gasteiger partial charge in [-0.1, -0.05) is 0 Å². The van der Waals surface area contributed by atoms with E-state index in [1.807, 2.05) is 0 Å². The first kappa shape index (κ1) is 5.56. The molecule has 0 aliphatic carbocycles. The molecule has 1 heterocycles. The third kappa shape index (κ3) is 0.816. The minimum absolute atomic E-state index is 0.0648. The summed E-state index contributed by atoms with van der Waals surface area (Å²) in [6, 6.07) is 0.0648. The van der Waals surface area contributed by atoms with Crippen LogP contribution in [0.4, 0.5) is 0 Å². The van der Waals surface area contributed by atoms with Crippen molar-refractivity contribution in [3.05, 3.63) is 0 Å². The lowest BCUT2D eigenvalue weighted by Crippen LogP contribution is -2.33. The Morgan fingerprint density at radius 2 is 2.62 bits per heavy atom. The number of hydrogen-bond acceptors (Lipinski definition) is 2. The van der Waals surface area contributed by atoms with E-state index in [-0.39, 0.29) is 11.9 Å². The SMILES string of the molecule is CNC1CCNC1=O. The van der Waals surface area contributed by atoms with Crippen molar-refractivity contribution in [2.24, 2.45) is 0 Å². The van der Waals surface area contributed by atoms with Crippen molar-refractivity contribution in [1.82, 2.24) is 10.6 Å². The van der Waals surface area contributed by atoms with E-state index in [1.54, 1.807) is 7.05 Å². The maximum Gasteiger partial charge on any atom is 0.237 e. The van der Waals surface area contributed by atoms with Crippen LogP contribution in [0.25, 0.3) is 0 Å². The number of rotatable bonds is 1. The van der Waals surface area contributed by atoms with Gasteiger partial charge in [-0.25, -0.2) is 0 Å². The van der Waals surface area contributed by atoms with Gasteiger partial charge in [-0.05, 0) is 13.5 Å². The van der Waals surface area contributed by atoms with Gasteiger partial charge >= 0.3 is 0 Å². The van der Waals surface area contributed by atoms with Crippen molar-refractivity contribution >= 4 is 5.91 Å². The van der Waals surface area contributed by atoms with E-state index < -0.39 is 0 Å². The standard InChI is InChI=1S/C5H10N2O/c1-6-4-2-3-7-5(4)8/h4,6H,2-3H2,1H3,(H,7,8). The molecular formula is C5H10N2O. The maximum absolute atomic E-state index is 10.6. The molecule has 46 valence electrons. The first-order valence-electron chi connectivity index (χ1n) is 2.79. The van der Waals surface area contributed by atoms with Gasteiger partial charge in [0.05, 0.1) is 6.04 Å². The highest BCUT2D eigenvalue weighted by Gasteiger charge is 2.20. The molecule has 0 spiro atoms. The molecule has 3 nitrogen and oxygen atoms in total. The van der Waals surface area contributed by atoms with Gasteiger partial charge in [0.2, 0.25) is 5.91 Å². The lowest BCUT2D eigenvalue weighted by Gasteiger charge is -2.00. The van der Waals surface area contributed by atoms with Crippen molar-refractivity contribution in [2.45, 2.75) is 12.5 Å². The van der Waals surface area contributed by atoms with Gasteiger partial charge in [0, 0.05) is 6.54 Å². The second-order valence-corrected chi connectivity index (χ2v) is 1.92. The van der Waals surface area contributed by atoms with E-state index in [1.165, 1.54) is 0 Å². The third-order valence-electron chi connectivity index (χ3n) is 1.40. The summed E-state index contributed by atoms with van der Waals surface area (Å²) in [5.41, 5.74) is 0. The molecule has 1 saturated heterocycles. The number of nitrogens with one attached hydrogen (secondary N) is 2. The molecule has 1 atom stereocenters. The molecule has 0 aromatic rings. The highest BCUT2D eigenvalue weighted by Crippen LogP contribution is 1.96. The Morgan fingerprint density at radius 1 is 1.88 bits per heavy atom. The number of amides is 1. The zero-order valence-electron chi connectivity index (χ0n) is 4.90. The molecule has 0 aromatic heterocycles. The molecule has 2 N–H and O–H groups in total. The fraction of sp³-hybridized carbons (Fsp3) is 0.800. The quantitative estimate of drug-likeness (QED) is 0.463. The number of carbonyl (C=O) groups excluding carboxylic acids is 1. The Hall–Kier alpha value is -0.570. The first-order valence-corrected chi connectivity index (χ1v) is 2.79.